The van der Waals surface area contributed by atoms with Gasteiger partial charge in [0.25, 0.3) is 0 Å². The maximum Gasteiger partial charge on any atom is 0.396 e. The molecule has 0 fully saturated rings. The zero-order valence-corrected chi connectivity index (χ0v) is 8.24. The number of rotatable bonds is 2. The predicted molar refractivity (Wildman–Crippen MR) is 48.5 cm³/mol. The molecule has 0 radical (unpaired) electrons. The fourth-order valence-corrected chi connectivity index (χ4v) is 1.58. The molecule has 0 aromatic carbocycles. The summed E-state index contributed by atoms with van der Waals surface area (Å²) in [4.78, 5) is 3.71. The van der Waals surface area contributed by atoms with E-state index in [9.17, 15) is 13.2 Å². The third-order valence-corrected chi connectivity index (χ3v) is 2.28. The second kappa shape index (κ2) is 3.89. The van der Waals surface area contributed by atoms with Crippen LogP contribution in [0.4, 0.5) is 13.2 Å². The molecule has 0 aliphatic heterocycles. The van der Waals surface area contributed by atoms with Gasteiger partial charge in [-0.15, -0.1) is 0 Å². The maximum atomic E-state index is 12.0. The molecule has 0 bridgehead atoms. The average Bonchev–Trinajstić information content (AvgIpc) is 2.71. The van der Waals surface area contributed by atoms with E-state index in [0.29, 0.717) is 6.42 Å². The van der Waals surface area contributed by atoms with Crippen molar-refractivity contribution in [2.45, 2.75) is 31.0 Å². The quantitative estimate of drug-likeness (QED) is 0.787. The number of alkyl halides is 3. The molecule has 0 saturated carbocycles. The lowest BCUT2D eigenvalue weighted by Crippen LogP contribution is -2.14. The first kappa shape index (κ1) is 11.1. The first-order valence-corrected chi connectivity index (χ1v) is 4.77. The summed E-state index contributed by atoms with van der Waals surface area (Å²) >= 11 is 0. The fraction of sp³-hybridized carbons (Fsp3) is 0.556. The fourth-order valence-electron chi connectivity index (χ4n) is 1.58. The van der Waals surface area contributed by atoms with Gasteiger partial charge in [-0.25, -0.2) is 0 Å². The van der Waals surface area contributed by atoms with E-state index < -0.39 is 12.6 Å². The molecule has 7 heteroatoms. The Morgan fingerprint density at radius 1 is 1.44 bits per heavy atom. The zero-order chi connectivity index (χ0) is 11.8. The molecule has 4 nitrogen and oxygen atoms in total. The summed E-state index contributed by atoms with van der Waals surface area (Å²) in [6, 6.07) is -0.0945. The molecular formula is C9H10F3N3O. The maximum absolute atomic E-state index is 12.0. The Morgan fingerprint density at radius 2 is 2.19 bits per heavy atom. The van der Waals surface area contributed by atoms with Crippen molar-refractivity contribution in [3.63, 3.8) is 0 Å². The van der Waals surface area contributed by atoms with E-state index in [1.54, 1.807) is 12.2 Å². The standard InChI is InChI=1S/C9H10F3N3O/c10-9(11,12)4-7-14-8(16-15-7)5-1-2-6(13)3-5/h1-2,5-6H,3-4,13H2. The van der Waals surface area contributed by atoms with Gasteiger partial charge in [0.2, 0.25) is 5.89 Å². The van der Waals surface area contributed by atoms with E-state index in [1.807, 2.05) is 0 Å². The molecule has 1 aromatic heterocycles. The minimum atomic E-state index is -4.32. The summed E-state index contributed by atoms with van der Waals surface area (Å²) in [7, 11) is 0. The van der Waals surface area contributed by atoms with E-state index in [-0.39, 0.29) is 23.7 Å². The second-order valence-electron chi connectivity index (χ2n) is 3.73. The Labute approximate surface area is 89.3 Å². The topological polar surface area (TPSA) is 64.9 Å². The van der Waals surface area contributed by atoms with Crippen molar-refractivity contribution in [2.75, 3.05) is 0 Å². The van der Waals surface area contributed by atoms with Gasteiger partial charge in [-0.3, -0.25) is 0 Å². The molecule has 0 saturated heterocycles. The van der Waals surface area contributed by atoms with Gasteiger partial charge in [-0.1, -0.05) is 17.3 Å². The molecular weight excluding hydrogens is 223 g/mol. The first-order valence-electron chi connectivity index (χ1n) is 4.77. The third kappa shape index (κ3) is 2.60. The largest absolute Gasteiger partial charge is 0.396 e. The van der Waals surface area contributed by atoms with Gasteiger partial charge in [-0.2, -0.15) is 18.2 Å². The Hall–Kier alpha value is -1.37. The van der Waals surface area contributed by atoms with Crippen molar-refractivity contribution in [3.05, 3.63) is 23.9 Å². The van der Waals surface area contributed by atoms with Crippen LogP contribution in [0, 0.1) is 0 Å². The normalized spacial score (nSPS) is 25.2. The van der Waals surface area contributed by atoms with Gasteiger partial charge in [-0.05, 0) is 6.42 Å². The van der Waals surface area contributed by atoms with E-state index in [0.717, 1.165) is 0 Å². The number of hydrogen-bond acceptors (Lipinski definition) is 4. The smallest absolute Gasteiger partial charge is 0.339 e. The number of nitrogens with zero attached hydrogens (tertiary/aromatic N) is 2. The van der Waals surface area contributed by atoms with Gasteiger partial charge >= 0.3 is 6.18 Å². The highest BCUT2D eigenvalue weighted by molar-refractivity contribution is 5.15. The number of halogens is 3. The van der Waals surface area contributed by atoms with Crippen molar-refractivity contribution in [3.8, 4) is 0 Å². The molecule has 0 amide bonds. The first-order chi connectivity index (χ1) is 7.44. The van der Waals surface area contributed by atoms with Crippen LogP contribution in [0.25, 0.3) is 0 Å². The summed E-state index contributed by atoms with van der Waals surface area (Å²) < 4.78 is 40.9. The second-order valence-corrected chi connectivity index (χ2v) is 3.73. The van der Waals surface area contributed by atoms with Crippen LogP contribution in [0.3, 0.4) is 0 Å². The van der Waals surface area contributed by atoms with Crippen LogP contribution in [0.2, 0.25) is 0 Å². The van der Waals surface area contributed by atoms with Crippen LogP contribution >= 0.6 is 0 Å². The van der Waals surface area contributed by atoms with E-state index in [1.165, 1.54) is 0 Å². The van der Waals surface area contributed by atoms with Crippen LogP contribution in [0.15, 0.2) is 16.7 Å². The highest BCUT2D eigenvalue weighted by atomic mass is 19.4. The molecule has 0 spiro atoms. The van der Waals surface area contributed by atoms with E-state index in [4.69, 9.17) is 10.3 Å². The molecule has 2 unspecified atom stereocenters. The molecule has 16 heavy (non-hydrogen) atoms. The van der Waals surface area contributed by atoms with Crippen molar-refractivity contribution in [1.82, 2.24) is 10.1 Å². The molecule has 2 N–H and O–H groups in total. The highest BCUT2D eigenvalue weighted by Gasteiger charge is 2.31. The van der Waals surface area contributed by atoms with Crippen LogP contribution in [0.5, 0.6) is 0 Å². The molecule has 1 aromatic rings. The summed E-state index contributed by atoms with van der Waals surface area (Å²) in [6.45, 7) is 0. The number of nitrogens with two attached hydrogens (primary N) is 1. The van der Waals surface area contributed by atoms with E-state index in [2.05, 4.69) is 10.1 Å². The molecule has 2 atom stereocenters. The van der Waals surface area contributed by atoms with Crippen molar-refractivity contribution in [1.29, 1.82) is 0 Å². The Bertz CT molecular complexity index is 399. The van der Waals surface area contributed by atoms with Gasteiger partial charge in [0.1, 0.15) is 6.42 Å². The zero-order valence-electron chi connectivity index (χ0n) is 8.24. The minimum absolute atomic E-state index is 0.0945. The SMILES string of the molecule is NC1C=CC(c2nc(CC(F)(F)F)no2)C1. The van der Waals surface area contributed by atoms with Crippen molar-refractivity contribution < 1.29 is 17.7 Å². The third-order valence-electron chi connectivity index (χ3n) is 2.28. The number of hydrogen-bond donors (Lipinski definition) is 1. The van der Waals surface area contributed by atoms with Gasteiger partial charge in [0.05, 0.1) is 5.92 Å². The Kier molecular flexibility index (Phi) is 2.71. The molecule has 2 rings (SSSR count). The van der Waals surface area contributed by atoms with Crippen LogP contribution in [-0.4, -0.2) is 22.4 Å². The average molecular weight is 233 g/mol. The molecule has 1 aliphatic carbocycles. The van der Waals surface area contributed by atoms with E-state index >= 15 is 0 Å². The number of aromatic nitrogens is 2. The summed E-state index contributed by atoms with van der Waals surface area (Å²) in [5, 5.41) is 3.29. The monoisotopic (exact) mass is 233 g/mol. The summed E-state index contributed by atoms with van der Waals surface area (Å²) in [5.41, 5.74) is 5.61. The lowest BCUT2D eigenvalue weighted by Gasteiger charge is -2.02. The summed E-state index contributed by atoms with van der Waals surface area (Å²) in [6.07, 6.45) is -1.34. The summed E-state index contributed by atoms with van der Waals surface area (Å²) in [5.74, 6) is -0.302. The van der Waals surface area contributed by atoms with Crippen LogP contribution in [0.1, 0.15) is 24.1 Å². The number of allylic oxidation sites excluding steroid dienone is 1. The van der Waals surface area contributed by atoms with Gasteiger partial charge in [0.15, 0.2) is 5.82 Å². The van der Waals surface area contributed by atoms with Crippen LogP contribution < -0.4 is 5.73 Å². The Morgan fingerprint density at radius 3 is 2.75 bits per heavy atom. The predicted octanol–water partition coefficient (Wildman–Crippen LogP) is 1.55. The Balaban J connectivity index is 2.06. The van der Waals surface area contributed by atoms with Gasteiger partial charge in [0, 0.05) is 6.04 Å². The van der Waals surface area contributed by atoms with Crippen LogP contribution in [-0.2, 0) is 6.42 Å². The highest BCUT2D eigenvalue weighted by Crippen LogP contribution is 2.27. The lowest BCUT2D eigenvalue weighted by molar-refractivity contribution is -0.128. The van der Waals surface area contributed by atoms with Gasteiger partial charge < -0.3 is 10.3 Å². The van der Waals surface area contributed by atoms with Crippen molar-refractivity contribution in [2.24, 2.45) is 5.73 Å². The molecule has 1 heterocycles. The molecule has 1 aliphatic rings. The minimum Gasteiger partial charge on any atom is -0.339 e. The lowest BCUT2D eigenvalue weighted by atomic mass is 10.1. The van der Waals surface area contributed by atoms with Crippen molar-refractivity contribution >= 4 is 0 Å². The molecule has 88 valence electrons.